The Bertz CT molecular complexity index is 460. The molecule has 0 saturated carbocycles. The Labute approximate surface area is 127 Å². The van der Waals surface area contributed by atoms with Crippen LogP contribution in [-0.2, 0) is 0 Å². The molecule has 0 unspecified atom stereocenters. The maximum Gasteiger partial charge on any atom is 0.137 e. The average Bonchev–Trinajstić information content (AvgIpc) is 2.49. The van der Waals surface area contributed by atoms with Gasteiger partial charge < -0.3 is 9.84 Å². The van der Waals surface area contributed by atoms with E-state index < -0.39 is 0 Å². The summed E-state index contributed by atoms with van der Waals surface area (Å²) in [7, 11) is 0. The van der Waals surface area contributed by atoms with E-state index in [1.807, 2.05) is 0 Å². The predicted molar refractivity (Wildman–Crippen MR) is 83.9 cm³/mol. The second kappa shape index (κ2) is 11.2. The third-order valence-corrected chi connectivity index (χ3v) is 3.25. The molecule has 0 aliphatic rings. The number of aliphatic hydroxyl groups is 1. The molecule has 21 heavy (non-hydrogen) atoms. The van der Waals surface area contributed by atoms with Crippen LogP contribution < -0.4 is 4.74 Å². The van der Waals surface area contributed by atoms with Crippen molar-refractivity contribution >= 4 is 0 Å². The standard InChI is InChI=1S/C18H25FO2/c1-2-3-4-5-6-7-8-14-21-18-15-17(19)12-11-16(18)10-9-13-20/h11-12,15,20H,2-8,13-14H2,1H3. The fourth-order valence-electron chi connectivity index (χ4n) is 2.09. The quantitative estimate of drug-likeness (QED) is 0.543. The molecular formula is C18H25FO2. The van der Waals surface area contributed by atoms with Gasteiger partial charge in [0.15, 0.2) is 0 Å². The van der Waals surface area contributed by atoms with Crippen LogP contribution in [0.25, 0.3) is 0 Å². The largest absolute Gasteiger partial charge is 0.492 e. The van der Waals surface area contributed by atoms with Gasteiger partial charge in [0.05, 0.1) is 12.2 Å². The van der Waals surface area contributed by atoms with Gasteiger partial charge in [0, 0.05) is 6.07 Å². The molecule has 0 amide bonds. The van der Waals surface area contributed by atoms with E-state index in [2.05, 4.69) is 18.8 Å². The van der Waals surface area contributed by atoms with Crippen molar-refractivity contribution in [1.82, 2.24) is 0 Å². The molecule has 0 heterocycles. The number of unbranched alkanes of at least 4 members (excludes halogenated alkanes) is 6. The summed E-state index contributed by atoms with van der Waals surface area (Å²) in [5.41, 5.74) is 0.619. The van der Waals surface area contributed by atoms with Gasteiger partial charge in [-0.25, -0.2) is 4.39 Å². The van der Waals surface area contributed by atoms with Gasteiger partial charge in [0.2, 0.25) is 0 Å². The van der Waals surface area contributed by atoms with Crippen molar-refractivity contribution in [2.75, 3.05) is 13.2 Å². The van der Waals surface area contributed by atoms with Crippen LogP contribution in [0.15, 0.2) is 18.2 Å². The van der Waals surface area contributed by atoms with E-state index in [9.17, 15) is 4.39 Å². The number of halogens is 1. The second-order valence-electron chi connectivity index (χ2n) is 5.07. The first-order valence-corrected chi connectivity index (χ1v) is 7.80. The predicted octanol–water partition coefficient (Wildman–Crippen LogP) is 4.30. The minimum absolute atomic E-state index is 0.214. The van der Waals surface area contributed by atoms with E-state index in [1.54, 1.807) is 6.07 Å². The van der Waals surface area contributed by atoms with Gasteiger partial charge in [-0.2, -0.15) is 0 Å². The monoisotopic (exact) mass is 292 g/mol. The van der Waals surface area contributed by atoms with Crippen molar-refractivity contribution in [2.24, 2.45) is 0 Å². The number of rotatable bonds is 9. The van der Waals surface area contributed by atoms with Gasteiger partial charge >= 0.3 is 0 Å². The van der Waals surface area contributed by atoms with Crippen molar-refractivity contribution in [2.45, 2.75) is 51.9 Å². The lowest BCUT2D eigenvalue weighted by Crippen LogP contribution is -2.00. The normalized spacial score (nSPS) is 10.0. The molecular weight excluding hydrogens is 267 g/mol. The minimum atomic E-state index is -0.334. The van der Waals surface area contributed by atoms with E-state index in [4.69, 9.17) is 9.84 Å². The number of aliphatic hydroxyl groups excluding tert-OH is 1. The first-order valence-electron chi connectivity index (χ1n) is 7.80. The molecule has 0 aliphatic carbocycles. The van der Waals surface area contributed by atoms with Gasteiger partial charge in [-0.15, -0.1) is 0 Å². The molecule has 0 atom stereocenters. The Morgan fingerprint density at radius 3 is 2.52 bits per heavy atom. The maximum atomic E-state index is 13.2. The topological polar surface area (TPSA) is 29.5 Å². The number of hydrogen-bond donors (Lipinski definition) is 1. The van der Waals surface area contributed by atoms with Crippen LogP contribution >= 0.6 is 0 Å². The molecule has 2 nitrogen and oxygen atoms in total. The number of hydrogen-bond acceptors (Lipinski definition) is 2. The zero-order valence-corrected chi connectivity index (χ0v) is 12.8. The third-order valence-electron chi connectivity index (χ3n) is 3.25. The zero-order chi connectivity index (χ0) is 15.3. The highest BCUT2D eigenvalue weighted by Crippen LogP contribution is 2.19. The highest BCUT2D eigenvalue weighted by Gasteiger charge is 2.03. The smallest absolute Gasteiger partial charge is 0.137 e. The molecule has 116 valence electrons. The van der Waals surface area contributed by atoms with Crippen molar-refractivity contribution in [3.8, 4) is 17.6 Å². The van der Waals surface area contributed by atoms with Crippen LogP contribution in [0.5, 0.6) is 5.75 Å². The third kappa shape index (κ3) is 7.72. The first kappa shape index (κ1) is 17.5. The van der Waals surface area contributed by atoms with Crippen LogP contribution in [0.4, 0.5) is 4.39 Å². The van der Waals surface area contributed by atoms with E-state index in [0.717, 1.165) is 12.8 Å². The lowest BCUT2D eigenvalue weighted by Gasteiger charge is -2.08. The van der Waals surface area contributed by atoms with Crippen molar-refractivity contribution in [1.29, 1.82) is 0 Å². The summed E-state index contributed by atoms with van der Waals surface area (Å²) in [6.07, 6.45) is 8.49. The Morgan fingerprint density at radius 1 is 1.10 bits per heavy atom. The summed E-state index contributed by atoms with van der Waals surface area (Å²) >= 11 is 0. The lowest BCUT2D eigenvalue weighted by molar-refractivity contribution is 0.302. The second-order valence-corrected chi connectivity index (χ2v) is 5.07. The Hall–Kier alpha value is -1.53. The molecule has 0 aliphatic heterocycles. The zero-order valence-electron chi connectivity index (χ0n) is 12.8. The highest BCUT2D eigenvalue weighted by molar-refractivity contribution is 5.46. The van der Waals surface area contributed by atoms with E-state index in [0.29, 0.717) is 17.9 Å². The first-order chi connectivity index (χ1) is 10.3. The Balaban J connectivity index is 2.32. The molecule has 1 N–H and O–H groups in total. The summed E-state index contributed by atoms with van der Waals surface area (Å²) in [4.78, 5) is 0. The SMILES string of the molecule is CCCCCCCCCOc1cc(F)ccc1C#CCO. The van der Waals surface area contributed by atoms with Crippen LogP contribution in [0.2, 0.25) is 0 Å². The molecule has 0 bridgehead atoms. The molecule has 3 heteroatoms. The fourth-order valence-corrected chi connectivity index (χ4v) is 2.09. The van der Waals surface area contributed by atoms with Crippen LogP contribution in [0.3, 0.4) is 0 Å². The van der Waals surface area contributed by atoms with Crippen molar-refractivity contribution < 1.29 is 14.2 Å². The molecule has 1 aromatic rings. The van der Waals surface area contributed by atoms with Crippen molar-refractivity contribution in [3.63, 3.8) is 0 Å². The van der Waals surface area contributed by atoms with E-state index in [-0.39, 0.29) is 12.4 Å². The van der Waals surface area contributed by atoms with Crippen LogP contribution in [-0.4, -0.2) is 18.3 Å². The fraction of sp³-hybridized carbons (Fsp3) is 0.556. The summed E-state index contributed by atoms with van der Waals surface area (Å²) in [6.45, 7) is 2.57. The molecule has 0 fully saturated rings. The minimum Gasteiger partial charge on any atom is -0.492 e. The van der Waals surface area contributed by atoms with Gasteiger partial charge in [0.1, 0.15) is 18.2 Å². The van der Waals surface area contributed by atoms with Crippen molar-refractivity contribution in [3.05, 3.63) is 29.6 Å². The summed E-state index contributed by atoms with van der Waals surface area (Å²) in [5, 5.41) is 8.72. The summed E-state index contributed by atoms with van der Waals surface area (Å²) in [5.74, 6) is 5.46. The lowest BCUT2D eigenvalue weighted by atomic mass is 10.1. The van der Waals surface area contributed by atoms with Crippen LogP contribution in [0.1, 0.15) is 57.4 Å². The number of ether oxygens (including phenoxy) is 1. The molecule has 0 saturated heterocycles. The average molecular weight is 292 g/mol. The Morgan fingerprint density at radius 2 is 1.81 bits per heavy atom. The van der Waals surface area contributed by atoms with E-state index >= 15 is 0 Å². The summed E-state index contributed by atoms with van der Waals surface area (Å²) < 4.78 is 18.9. The molecule has 0 radical (unpaired) electrons. The van der Waals surface area contributed by atoms with Gasteiger partial charge in [-0.1, -0.05) is 57.3 Å². The van der Waals surface area contributed by atoms with Gasteiger partial charge in [0.25, 0.3) is 0 Å². The Kier molecular flexibility index (Phi) is 9.32. The van der Waals surface area contributed by atoms with E-state index in [1.165, 1.54) is 44.2 Å². The number of benzene rings is 1. The summed E-state index contributed by atoms with van der Waals surface area (Å²) in [6, 6.07) is 4.28. The van der Waals surface area contributed by atoms with Gasteiger partial charge in [-0.05, 0) is 18.6 Å². The molecule has 0 spiro atoms. The highest BCUT2D eigenvalue weighted by atomic mass is 19.1. The van der Waals surface area contributed by atoms with Gasteiger partial charge in [-0.3, -0.25) is 0 Å². The maximum absolute atomic E-state index is 13.2. The van der Waals surface area contributed by atoms with Crippen LogP contribution in [0, 0.1) is 17.7 Å². The molecule has 1 aromatic carbocycles. The molecule has 1 rings (SSSR count). The molecule has 0 aromatic heterocycles.